The van der Waals surface area contributed by atoms with Gasteiger partial charge in [0.2, 0.25) is 0 Å². The number of fused-ring (bicyclic) bond motifs is 1. The molecule has 132 valence electrons. The van der Waals surface area contributed by atoms with Crippen molar-refractivity contribution in [1.82, 2.24) is 9.55 Å². The van der Waals surface area contributed by atoms with Gasteiger partial charge in [-0.05, 0) is 48.6 Å². The normalized spacial score (nSPS) is 21.8. The fourth-order valence-corrected chi connectivity index (χ4v) is 3.60. The van der Waals surface area contributed by atoms with Crippen molar-refractivity contribution in [2.24, 2.45) is 0 Å². The number of para-hydroxylation sites is 1. The topological polar surface area (TPSA) is 46.9 Å². The molecular weight excluding hydrogens is 353 g/mol. The molecule has 2 saturated carbocycles. The molecule has 0 bridgehead atoms. The van der Waals surface area contributed by atoms with E-state index in [9.17, 15) is 9.18 Å². The molecule has 2 aliphatic carbocycles. The molecule has 1 N–H and O–H groups in total. The molecule has 26 heavy (non-hydrogen) atoms. The average molecular weight is 370 g/mol. The highest BCUT2D eigenvalue weighted by molar-refractivity contribution is 6.32. The maximum absolute atomic E-state index is 13.3. The van der Waals surface area contributed by atoms with Crippen LogP contribution in [-0.2, 0) is 0 Å². The number of rotatable bonds is 4. The molecular formula is C20H17ClFN3O. The lowest BCUT2D eigenvalue weighted by molar-refractivity contribution is 0.472. The number of aromatic nitrogens is 2. The second-order valence-electron chi connectivity index (χ2n) is 7.08. The number of benzene rings is 2. The van der Waals surface area contributed by atoms with E-state index in [1.165, 1.54) is 18.4 Å². The zero-order valence-electron chi connectivity index (χ0n) is 14.0. The summed E-state index contributed by atoms with van der Waals surface area (Å²) < 4.78 is 14.9. The van der Waals surface area contributed by atoms with Gasteiger partial charge in [0.1, 0.15) is 12.0 Å². The second-order valence-corrected chi connectivity index (χ2v) is 7.49. The Morgan fingerprint density at radius 3 is 2.65 bits per heavy atom. The Bertz CT molecular complexity index is 1080. The number of halogens is 2. The molecule has 2 unspecified atom stereocenters. The molecule has 0 aliphatic heterocycles. The average Bonchev–Trinajstić information content (AvgIpc) is 3.54. The van der Waals surface area contributed by atoms with E-state index >= 15 is 0 Å². The molecule has 0 spiro atoms. The zero-order chi connectivity index (χ0) is 17.8. The van der Waals surface area contributed by atoms with Crippen LogP contribution in [0.2, 0.25) is 5.02 Å². The highest BCUT2D eigenvalue weighted by Crippen LogP contribution is 2.41. The van der Waals surface area contributed by atoms with E-state index in [0.717, 1.165) is 10.9 Å². The third kappa shape index (κ3) is 2.67. The maximum atomic E-state index is 13.3. The number of nitrogens with zero attached hydrogens (tertiary/aromatic N) is 2. The highest BCUT2D eigenvalue weighted by atomic mass is 35.5. The molecule has 0 radical (unpaired) electrons. The van der Waals surface area contributed by atoms with Gasteiger partial charge in [-0.3, -0.25) is 4.57 Å². The lowest BCUT2D eigenvalue weighted by atomic mass is 10.1. The van der Waals surface area contributed by atoms with E-state index in [1.54, 1.807) is 16.7 Å². The predicted molar refractivity (Wildman–Crippen MR) is 101 cm³/mol. The Morgan fingerprint density at radius 1 is 1.19 bits per heavy atom. The minimum atomic E-state index is -0.872. The molecule has 2 fully saturated rings. The minimum Gasteiger partial charge on any atom is -0.364 e. The number of nitrogens with one attached hydrogen (secondary N) is 1. The van der Waals surface area contributed by atoms with Crippen molar-refractivity contribution in [2.75, 3.05) is 5.32 Å². The van der Waals surface area contributed by atoms with E-state index in [4.69, 9.17) is 11.6 Å². The molecule has 0 amide bonds. The van der Waals surface area contributed by atoms with Crippen molar-refractivity contribution < 1.29 is 4.39 Å². The summed E-state index contributed by atoms with van der Waals surface area (Å²) in [6, 6.07) is 13.1. The van der Waals surface area contributed by atoms with Gasteiger partial charge in [-0.25, -0.2) is 9.18 Å². The summed E-state index contributed by atoms with van der Waals surface area (Å²) in [6.07, 6.45) is 1.92. The monoisotopic (exact) mass is 369 g/mol. The van der Waals surface area contributed by atoms with Crippen molar-refractivity contribution in [3.05, 3.63) is 63.5 Å². The molecule has 3 aromatic rings. The third-order valence-electron chi connectivity index (χ3n) is 5.09. The molecule has 1 aromatic heterocycles. The molecule has 5 rings (SSSR count). The summed E-state index contributed by atoms with van der Waals surface area (Å²) in [5.41, 5.74) is 2.15. The van der Waals surface area contributed by atoms with E-state index in [2.05, 4.69) is 16.4 Å². The van der Waals surface area contributed by atoms with Gasteiger partial charge in [0.25, 0.3) is 0 Å². The Labute approximate surface area is 154 Å². The predicted octanol–water partition coefficient (Wildman–Crippen LogP) is 4.44. The number of alkyl halides is 1. The van der Waals surface area contributed by atoms with Crippen molar-refractivity contribution in [3.8, 4) is 5.69 Å². The molecule has 2 aliphatic rings. The van der Waals surface area contributed by atoms with Gasteiger partial charge in [-0.15, -0.1) is 0 Å². The summed E-state index contributed by atoms with van der Waals surface area (Å²) in [5, 5.41) is 4.36. The Morgan fingerprint density at radius 2 is 1.96 bits per heavy atom. The summed E-state index contributed by atoms with van der Waals surface area (Å²) in [6.45, 7) is 0. The molecule has 2 atom stereocenters. The van der Waals surface area contributed by atoms with Crippen LogP contribution in [0.1, 0.15) is 30.7 Å². The molecule has 2 aromatic carbocycles. The van der Waals surface area contributed by atoms with E-state index < -0.39 is 11.9 Å². The van der Waals surface area contributed by atoms with Crippen molar-refractivity contribution in [2.45, 2.75) is 37.4 Å². The lowest BCUT2D eigenvalue weighted by Gasteiger charge is -2.15. The molecule has 4 nitrogen and oxygen atoms in total. The van der Waals surface area contributed by atoms with Gasteiger partial charge in [-0.2, -0.15) is 4.98 Å². The fraction of sp³-hybridized carbons (Fsp3) is 0.300. The first-order valence-corrected chi connectivity index (χ1v) is 9.22. The number of hydrogen-bond acceptors (Lipinski definition) is 3. The first-order chi connectivity index (χ1) is 12.6. The molecule has 6 heteroatoms. The fourth-order valence-electron chi connectivity index (χ4n) is 3.38. The van der Waals surface area contributed by atoms with Crippen molar-refractivity contribution in [3.63, 3.8) is 0 Å². The number of hydrogen-bond donors (Lipinski definition) is 1. The van der Waals surface area contributed by atoms with Crippen LogP contribution in [0.3, 0.4) is 0 Å². The van der Waals surface area contributed by atoms with E-state index in [1.807, 2.05) is 24.3 Å². The summed E-state index contributed by atoms with van der Waals surface area (Å²) in [7, 11) is 0. The van der Waals surface area contributed by atoms with Gasteiger partial charge in [0.15, 0.2) is 0 Å². The first-order valence-electron chi connectivity index (χ1n) is 8.84. The van der Waals surface area contributed by atoms with Crippen LogP contribution in [0.15, 0.2) is 47.3 Å². The van der Waals surface area contributed by atoms with Crippen molar-refractivity contribution >= 4 is 28.3 Å². The third-order valence-corrected chi connectivity index (χ3v) is 5.41. The Kier molecular flexibility index (Phi) is 3.54. The van der Waals surface area contributed by atoms with E-state index in [0.29, 0.717) is 28.9 Å². The number of anilines is 1. The van der Waals surface area contributed by atoms with Gasteiger partial charge in [0, 0.05) is 11.8 Å². The van der Waals surface area contributed by atoms with Gasteiger partial charge in [0.05, 0.1) is 22.3 Å². The quantitative estimate of drug-likeness (QED) is 0.739. The van der Waals surface area contributed by atoms with Crippen LogP contribution in [0.25, 0.3) is 16.6 Å². The zero-order valence-corrected chi connectivity index (χ0v) is 14.7. The first kappa shape index (κ1) is 15.8. The molecule has 1 heterocycles. The van der Waals surface area contributed by atoms with Gasteiger partial charge >= 0.3 is 5.69 Å². The van der Waals surface area contributed by atoms with Crippen molar-refractivity contribution in [1.29, 1.82) is 0 Å². The minimum absolute atomic E-state index is 0.260. The smallest absolute Gasteiger partial charge is 0.354 e. The van der Waals surface area contributed by atoms with Gasteiger partial charge < -0.3 is 5.32 Å². The Hall–Kier alpha value is -2.40. The maximum Gasteiger partial charge on any atom is 0.354 e. The summed E-state index contributed by atoms with van der Waals surface area (Å²) >= 11 is 6.35. The Balaban J connectivity index is 1.76. The second kappa shape index (κ2) is 5.81. The standard InChI is InChI=1S/C20H17ClFN3O/c21-14-3-1-2-4-17(14)25-18-9-12(11-5-6-11)7-8-13(18)19(24-20(25)26)23-16-10-15(16)22/h1-4,7-9,11,15-16H,5-6,10H2,(H,23,24,26). The van der Waals surface area contributed by atoms with Crippen LogP contribution in [0.5, 0.6) is 0 Å². The van der Waals surface area contributed by atoms with Crippen LogP contribution < -0.4 is 11.0 Å². The summed E-state index contributed by atoms with van der Waals surface area (Å²) in [5.74, 6) is 0.998. The summed E-state index contributed by atoms with van der Waals surface area (Å²) in [4.78, 5) is 17.0. The van der Waals surface area contributed by atoms with Crippen LogP contribution in [0, 0.1) is 0 Å². The SMILES string of the molecule is O=c1nc(NC2CC2F)c2ccc(C3CC3)cc2n1-c1ccccc1Cl. The van der Waals surface area contributed by atoms with Crippen LogP contribution in [-0.4, -0.2) is 21.8 Å². The van der Waals surface area contributed by atoms with Crippen LogP contribution >= 0.6 is 11.6 Å². The molecule has 0 saturated heterocycles. The lowest BCUT2D eigenvalue weighted by Crippen LogP contribution is -2.24. The largest absolute Gasteiger partial charge is 0.364 e. The van der Waals surface area contributed by atoms with Crippen LogP contribution in [0.4, 0.5) is 10.2 Å². The highest BCUT2D eigenvalue weighted by Gasteiger charge is 2.38. The van der Waals surface area contributed by atoms with Gasteiger partial charge in [-0.1, -0.05) is 29.8 Å². The van der Waals surface area contributed by atoms with E-state index in [-0.39, 0.29) is 6.04 Å².